The van der Waals surface area contributed by atoms with Gasteiger partial charge in [-0.05, 0) is 6.07 Å². The molecule has 0 aliphatic carbocycles. The quantitative estimate of drug-likeness (QED) is 0.496. The van der Waals surface area contributed by atoms with E-state index in [0.29, 0.717) is 5.39 Å². The zero-order valence-corrected chi connectivity index (χ0v) is 7.75. The van der Waals surface area contributed by atoms with Gasteiger partial charge in [-0.15, -0.1) is 0 Å². The lowest BCUT2D eigenvalue weighted by atomic mass is 10.3. The van der Waals surface area contributed by atoms with Crippen molar-refractivity contribution in [2.45, 2.75) is 0 Å². The third kappa shape index (κ3) is 0.954. The fourth-order valence-corrected chi connectivity index (χ4v) is 1.60. The maximum Gasteiger partial charge on any atom is 0.155 e. The van der Waals surface area contributed by atoms with Gasteiger partial charge in [0.25, 0.3) is 0 Å². The van der Waals surface area contributed by atoms with Crippen LogP contribution in [0.3, 0.4) is 0 Å². The molecule has 3 aromatic rings. The minimum Gasteiger partial charge on any atom is -0.338 e. The molecule has 0 fully saturated rings. The van der Waals surface area contributed by atoms with Crippen LogP contribution in [0, 0.1) is 5.41 Å². The smallest absolute Gasteiger partial charge is 0.155 e. The Balaban J connectivity index is 2.66. The SMILES string of the molecule is N=c1c2cnc3ccnn3c2ccn1N. The van der Waals surface area contributed by atoms with Crippen LogP contribution in [0.2, 0.25) is 0 Å². The fourth-order valence-electron chi connectivity index (χ4n) is 1.60. The molecule has 0 saturated carbocycles. The molecule has 6 heteroatoms. The Labute approximate surface area is 84.1 Å². The summed E-state index contributed by atoms with van der Waals surface area (Å²) < 4.78 is 2.94. The number of nitrogen functional groups attached to an aromatic ring is 1. The topological polar surface area (TPSA) is 85.0 Å². The number of rotatable bonds is 0. The summed E-state index contributed by atoms with van der Waals surface area (Å²) >= 11 is 0. The third-order valence-electron chi connectivity index (χ3n) is 2.36. The van der Waals surface area contributed by atoms with E-state index in [-0.39, 0.29) is 5.49 Å². The summed E-state index contributed by atoms with van der Waals surface area (Å²) in [5.74, 6) is 5.58. The van der Waals surface area contributed by atoms with E-state index in [1.54, 1.807) is 23.1 Å². The molecule has 0 amide bonds. The predicted octanol–water partition coefficient (Wildman–Crippen LogP) is -0.123. The number of aromatic nitrogens is 4. The van der Waals surface area contributed by atoms with Crippen molar-refractivity contribution >= 4 is 16.6 Å². The van der Waals surface area contributed by atoms with Gasteiger partial charge >= 0.3 is 0 Å². The van der Waals surface area contributed by atoms with Crippen LogP contribution in [0.1, 0.15) is 0 Å². The van der Waals surface area contributed by atoms with E-state index in [4.69, 9.17) is 11.3 Å². The predicted molar refractivity (Wildman–Crippen MR) is 54.5 cm³/mol. The maximum absolute atomic E-state index is 7.77. The molecule has 6 nitrogen and oxygen atoms in total. The first-order valence-corrected chi connectivity index (χ1v) is 4.41. The van der Waals surface area contributed by atoms with Gasteiger partial charge in [0.05, 0.1) is 17.1 Å². The third-order valence-corrected chi connectivity index (χ3v) is 2.36. The van der Waals surface area contributed by atoms with Crippen molar-refractivity contribution in [3.8, 4) is 0 Å². The van der Waals surface area contributed by atoms with Crippen molar-refractivity contribution in [3.63, 3.8) is 0 Å². The molecule has 0 aliphatic heterocycles. The summed E-state index contributed by atoms with van der Waals surface area (Å²) in [4.78, 5) is 4.18. The number of fused-ring (bicyclic) bond motifs is 3. The number of nitrogens with zero attached hydrogens (tertiary/aromatic N) is 4. The molecule has 0 bridgehead atoms. The van der Waals surface area contributed by atoms with Crippen LogP contribution in [-0.2, 0) is 0 Å². The second-order valence-corrected chi connectivity index (χ2v) is 3.23. The Morgan fingerprint density at radius 3 is 3.07 bits per heavy atom. The van der Waals surface area contributed by atoms with Crippen LogP contribution in [0.15, 0.2) is 30.7 Å². The Hall–Kier alpha value is -2.37. The van der Waals surface area contributed by atoms with Crippen molar-refractivity contribution in [1.82, 2.24) is 19.3 Å². The first kappa shape index (κ1) is 7.98. The van der Waals surface area contributed by atoms with Gasteiger partial charge in [-0.2, -0.15) is 5.10 Å². The summed E-state index contributed by atoms with van der Waals surface area (Å²) in [5.41, 5.74) is 1.81. The molecule has 3 heterocycles. The Bertz CT molecular complexity index is 707. The molecule has 0 spiro atoms. The van der Waals surface area contributed by atoms with Gasteiger partial charge in [0.15, 0.2) is 11.1 Å². The molecule has 15 heavy (non-hydrogen) atoms. The van der Waals surface area contributed by atoms with Crippen molar-refractivity contribution in [3.05, 3.63) is 36.2 Å². The summed E-state index contributed by atoms with van der Waals surface area (Å²) in [7, 11) is 0. The van der Waals surface area contributed by atoms with Crippen LogP contribution in [-0.4, -0.2) is 19.3 Å². The minimum absolute atomic E-state index is 0.220. The number of pyridine rings is 1. The molecule has 3 N–H and O–H groups in total. The van der Waals surface area contributed by atoms with Crippen molar-refractivity contribution in [2.24, 2.45) is 0 Å². The molecule has 0 saturated heterocycles. The lowest BCUT2D eigenvalue weighted by Gasteiger charge is -2.03. The van der Waals surface area contributed by atoms with Crippen molar-refractivity contribution in [1.29, 1.82) is 5.41 Å². The second-order valence-electron chi connectivity index (χ2n) is 3.23. The van der Waals surface area contributed by atoms with Crippen molar-refractivity contribution in [2.75, 3.05) is 5.84 Å². The van der Waals surface area contributed by atoms with Crippen LogP contribution in [0.5, 0.6) is 0 Å². The molecule has 3 rings (SSSR count). The van der Waals surface area contributed by atoms with Crippen molar-refractivity contribution < 1.29 is 0 Å². The van der Waals surface area contributed by atoms with E-state index in [2.05, 4.69) is 10.1 Å². The lowest BCUT2D eigenvalue weighted by molar-refractivity contribution is 0.886. The van der Waals surface area contributed by atoms with Crippen LogP contribution in [0.25, 0.3) is 16.6 Å². The van der Waals surface area contributed by atoms with E-state index in [9.17, 15) is 0 Å². The van der Waals surface area contributed by atoms with Gasteiger partial charge in [0.1, 0.15) is 0 Å². The van der Waals surface area contributed by atoms with Gasteiger partial charge in [-0.3, -0.25) is 10.1 Å². The molecule has 0 atom stereocenters. The van der Waals surface area contributed by atoms with E-state index < -0.39 is 0 Å². The highest BCUT2D eigenvalue weighted by molar-refractivity contribution is 5.78. The number of nitrogens with two attached hydrogens (primary N) is 1. The molecule has 0 aromatic carbocycles. The van der Waals surface area contributed by atoms with E-state index >= 15 is 0 Å². The minimum atomic E-state index is 0.220. The maximum atomic E-state index is 7.77. The van der Waals surface area contributed by atoms with Gasteiger partial charge < -0.3 is 5.84 Å². The van der Waals surface area contributed by atoms with Gasteiger partial charge in [-0.1, -0.05) is 0 Å². The van der Waals surface area contributed by atoms with E-state index in [0.717, 1.165) is 11.2 Å². The largest absolute Gasteiger partial charge is 0.338 e. The second kappa shape index (κ2) is 2.57. The number of nitrogens with one attached hydrogen (secondary N) is 1. The van der Waals surface area contributed by atoms with Crippen LogP contribution < -0.4 is 11.3 Å². The van der Waals surface area contributed by atoms with Gasteiger partial charge in [0.2, 0.25) is 0 Å². The summed E-state index contributed by atoms with van der Waals surface area (Å²) in [5, 5.41) is 12.6. The molecule has 0 aliphatic rings. The van der Waals surface area contributed by atoms with Gasteiger partial charge in [-0.25, -0.2) is 9.50 Å². The molecule has 3 aromatic heterocycles. The number of hydrogen-bond donors (Lipinski definition) is 2. The monoisotopic (exact) mass is 200 g/mol. The average Bonchev–Trinajstić information content (AvgIpc) is 2.71. The normalized spacial score (nSPS) is 11.2. The highest BCUT2D eigenvalue weighted by Crippen LogP contribution is 2.09. The fraction of sp³-hybridized carbons (Fsp3) is 0. The molecule has 0 unspecified atom stereocenters. The molecule has 0 radical (unpaired) electrons. The summed E-state index contributed by atoms with van der Waals surface area (Å²) in [6.07, 6.45) is 4.94. The molecular formula is C9H8N6. The number of hydrogen-bond acceptors (Lipinski definition) is 4. The lowest BCUT2D eigenvalue weighted by Crippen LogP contribution is -2.26. The zero-order valence-electron chi connectivity index (χ0n) is 7.75. The van der Waals surface area contributed by atoms with Crippen LogP contribution >= 0.6 is 0 Å². The zero-order chi connectivity index (χ0) is 10.4. The van der Waals surface area contributed by atoms with E-state index in [1.807, 2.05) is 12.1 Å². The Kier molecular flexibility index (Phi) is 1.37. The molecule has 74 valence electrons. The average molecular weight is 200 g/mol. The Morgan fingerprint density at radius 1 is 1.33 bits per heavy atom. The van der Waals surface area contributed by atoms with Crippen LogP contribution in [0.4, 0.5) is 0 Å². The van der Waals surface area contributed by atoms with Gasteiger partial charge in [0, 0.05) is 18.5 Å². The highest BCUT2D eigenvalue weighted by Gasteiger charge is 2.03. The first-order chi connectivity index (χ1) is 7.27. The Morgan fingerprint density at radius 2 is 2.20 bits per heavy atom. The standard InChI is InChI=1S/C9H8N6/c10-9-6-5-12-8-1-3-13-15(8)7(6)2-4-14(9)11/h1-5,10H,11H2. The first-order valence-electron chi connectivity index (χ1n) is 4.41. The highest BCUT2D eigenvalue weighted by atomic mass is 15.3. The van der Waals surface area contributed by atoms with E-state index in [1.165, 1.54) is 4.68 Å². The molecular weight excluding hydrogens is 192 g/mol. The summed E-state index contributed by atoms with van der Waals surface area (Å²) in [6, 6.07) is 3.63. The summed E-state index contributed by atoms with van der Waals surface area (Å²) in [6.45, 7) is 0.